The molecule has 0 radical (unpaired) electrons. The average molecular weight is 344 g/mol. The Morgan fingerprint density at radius 1 is 1.08 bits per heavy atom. The molecule has 0 aliphatic rings. The third kappa shape index (κ3) is 5.28. The summed E-state index contributed by atoms with van der Waals surface area (Å²) < 4.78 is 26.2. The van der Waals surface area contributed by atoms with Gasteiger partial charge in [0.05, 0.1) is 11.6 Å². The summed E-state index contributed by atoms with van der Waals surface area (Å²) in [6.45, 7) is -0.331. The molecule has 6 nitrogen and oxygen atoms in total. The van der Waals surface area contributed by atoms with Crippen molar-refractivity contribution in [2.45, 2.75) is 0 Å². The first kappa shape index (κ1) is 17.9. The molecule has 2 aromatic carbocycles. The van der Waals surface area contributed by atoms with Crippen LogP contribution >= 0.6 is 0 Å². The van der Waals surface area contributed by atoms with Crippen LogP contribution in [-0.4, -0.2) is 30.4 Å². The molecule has 3 amide bonds. The largest absolute Gasteiger partial charge is 0.324 e. The van der Waals surface area contributed by atoms with E-state index < -0.39 is 23.6 Å². The maximum Gasteiger partial charge on any atom is 0.322 e. The molecule has 2 N–H and O–H groups in total. The maximum atomic E-state index is 13.1. The number of anilines is 2. The normalized spacial score (nSPS) is 9.84. The Morgan fingerprint density at radius 3 is 2.40 bits per heavy atom. The zero-order valence-corrected chi connectivity index (χ0v) is 13.2. The zero-order chi connectivity index (χ0) is 18.4. The minimum atomic E-state index is -0.821. The Morgan fingerprint density at radius 2 is 1.76 bits per heavy atom. The number of halogens is 2. The monoisotopic (exact) mass is 344 g/mol. The Bertz CT molecular complexity index is 829. The molecular weight excluding hydrogens is 330 g/mol. The lowest BCUT2D eigenvalue weighted by atomic mass is 10.2. The van der Waals surface area contributed by atoms with Gasteiger partial charge < -0.3 is 15.5 Å². The number of nitrogens with zero attached hydrogens (tertiary/aromatic N) is 2. The molecule has 25 heavy (non-hydrogen) atoms. The number of likely N-dealkylation sites (N-methyl/N-ethyl adjacent to an activating group) is 1. The van der Waals surface area contributed by atoms with Crippen LogP contribution in [0, 0.1) is 23.0 Å². The van der Waals surface area contributed by atoms with E-state index >= 15 is 0 Å². The van der Waals surface area contributed by atoms with E-state index in [4.69, 9.17) is 5.26 Å². The van der Waals surface area contributed by atoms with Crippen molar-refractivity contribution in [1.82, 2.24) is 4.90 Å². The molecule has 8 heteroatoms. The number of carbonyl (C=O) groups excluding carboxylic acids is 2. The molecule has 2 aromatic rings. The fraction of sp³-hybridized carbons (Fsp3) is 0.118. The van der Waals surface area contributed by atoms with E-state index in [2.05, 4.69) is 10.6 Å². The van der Waals surface area contributed by atoms with E-state index in [0.717, 1.165) is 17.0 Å². The molecule has 0 unspecified atom stereocenters. The first-order valence-electron chi connectivity index (χ1n) is 7.15. The summed E-state index contributed by atoms with van der Waals surface area (Å²) in [4.78, 5) is 25.0. The minimum absolute atomic E-state index is 0.0435. The lowest BCUT2D eigenvalue weighted by molar-refractivity contribution is -0.116. The summed E-state index contributed by atoms with van der Waals surface area (Å²) >= 11 is 0. The summed E-state index contributed by atoms with van der Waals surface area (Å²) in [5, 5.41) is 13.7. The van der Waals surface area contributed by atoms with E-state index in [-0.39, 0.29) is 12.2 Å². The molecule has 0 aliphatic carbocycles. The van der Waals surface area contributed by atoms with Crippen molar-refractivity contribution in [3.63, 3.8) is 0 Å². The molecule has 128 valence electrons. The van der Waals surface area contributed by atoms with Gasteiger partial charge in [-0.05, 0) is 30.3 Å². The fourth-order valence-electron chi connectivity index (χ4n) is 2.00. The first-order valence-corrected chi connectivity index (χ1v) is 7.15. The summed E-state index contributed by atoms with van der Waals surface area (Å²) in [7, 11) is 1.38. The molecule has 0 fully saturated rings. The second-order valence-electron chi connectivity index (χ2n) is 5.19. The third-order valence-corrected chi connectivity index (χ3v) is 3.12. The second-order valence-corrected chi connectivity index (χ2v) is 5.19. The standard InChI is InChI=1S/C17H14F2N4O2/c1-23(17(25)22-14-4-2-3-11(5-14)9-20)10-16(24)21-15-7-12(18)6-13(19)8-15/h2-8H,10H2,1H3,(H,21,24)(H,22,25). The van der Waals surface area contributed by atoms with E-state index in [0.29, 0.717) is 17.3 Å². The Balaban J connectivity index is 1.93. The third-order valence-electron chi connectivity index (χ3n) is 3.12. The average Bonchev–Trinajstić information content (AvgIpc) is 2.53. The summed E-state index contributed by atoms with van der Waals surface area (Å²) in [5.74, 6) is -2.26. The Kier molecular flexibility index (Phi) is 5.63. The van der Waals surface area contributed by atoms with Crippen LogP contribution < -0.4 is 10.6 Å². The SMILES string of the molecule is CN(CC(=O)Nc1cc(F)cc(F)c1)C(=O)Nc1cccc(C#N)c1. The van der Waals surface area contributed by atoms with Crippen LogP contribution in [-0.2, 0) is 4.79 Å². The number of hydrogen-bond acceptors (Lipinski definition) is 3. The van der Waals surface area contributed by atoms with Gasteiger partial charge in [-0.1, -0.05) is 6.07 Å². The first-order chi connectivity index (χ1) is 11.9. The fourth-order valence-corrected chi connectivity index (χ4v) is 2.00. The molecule has 0 spiro atoms. The maximum absolute atomic E-state index is 13.1. The van der Waals surface area contributed by atoms with Gasteiger partial charge in [-0.2, -0.15) is 5.26 Å². The van der Waals surface area contributed by atoms with E-state index in [1.54, 1.807) is 18.2 Å². The molecule has 0 aliphatic heterocycles. The predicted molar refractivity (Wildman–Crippen MR) is 87.8 cm³/mol. The Hall–Kier alpha value is -3.47. The highest BCUT2D eigenvalue weighted by atomic mass is 19.1. The van der Waals surface area contributed by atoms with Gasteiger partial charge in [0.15, 0.2) is 0 Å². The van der Waals surface area contributed by atoms with Gasteiger partial charge in [-0.3, -0.25) is 4.79 Å². The molecule has 0 saturated heterocycles. The molecule has 2 rings (SSSR count). The van der Waals surface area contributed by atoms with Crippen LogP contribution in [0.2, 0.25) is 0 Å². The molecular formula is C17H14F2N4O2. The van der Waals surface area contributed by atoms with Crippen LogP contribution in [0.4, 0.5) is 25.0 Å². The van der Waals surface area contributed by atoms with Crippen molar-refractivity contribution in [2.24, 2.45) is 0 Å². The Labute approximate surface area is 142 Å². The highest BCUT2D eigenvalue weighted by Crippen LogP contribution is 2.13. The molecule has 0 saturated carbocycles. The lowest BCUT2D eigenvalue weighted by Gasteiger charge is -2.17. The van der Waals surface area contributed by atoms with Crippen LogP contribution in [0.25, 0.3) is 0 Å². The van der Waals surface area contributed by atoms with Crippen molar-refractivity contribution < 1.29 is 18.4 Å². The van der Waals surface area contributed by atoms with Crippen LogP contribution in [0.15, 0.2) is 42.5 Å². The molecule has 0 atom stereocenters. The lowest BCUT2D eigenvalue weighted by Crippen LogP contribution is -2.37. The summed E-state index contributed by atoms with van der Waals surface area (Å²) in [5.41, 5.74) is 0.743. The number of benzene rings is 2. The number of nitriles is 1. The highest BCUT2D eigenvalue weighted by molar-refractivity contribution is 5.96. The molecule has 0 heterocycles. The number of carbonyl (C=O) groups is 2. The van der Waals surface area contributed by atoms with Crippen molar-refractivity contribution >= 4 is 23.3 Å². The zero-order valence-electron chi connectivity index (χ0n) is 13.2. The number of nitrogens with one attached hydrogen (secondary N) is 2. The minimum Gasteiger partial charge on any atom is -0.324 e. The smallest absolute Gasteiger partial charge is 0.322 e. The van der Waals surface area contributed by atoms with Gasteiger partial charge in [0.25, 0.3) is 0 Å². The topological polar surface area (TPSA) is 85.2 Å². The molecule has 0 bridgehead atoms. The number of urea groups is 1. The van der Waals surface area contributed by atoms with Gasteiger partial charge in [0.1, 0.15) is 18.2 Å². The van der Waals surface area contributed by atoms with Gasteiger partial charge in [-0.15, -0.1) is 0 Å². The quantitative estimate of drug-likeness (QED) is 0.894. The number of rotatable bonds is 4. The van der Waals surface area contributed by atoms with Crippen LogP contribution in [0.5, 0.6) is 0 Å². The van der Waals surface area contributed by atoms with Gasteiger partial charge in [0.2, 0.25) is 5.91 Å². The molecule has 0 aromatic heterocycles. The van der Waals surface area contributed by atoms with Crippen molar-refractivity contribution in [3.05, 3.63) is 59.7 Å². The summed E-state index contributed by atoms with van der Waals surface area (Å²) in [6, 6.07) is 10.3. The highest BCUT2D eigenvalue weighted by Gasteiger charge is 2.14. The van der Waals surface area contributed by atoms with Crippen molar-refractivity contribution in [1.29, 1.82) is 5.26 Å². The van der Waals surface area contributed by atoms with Gasteiger partial charge >= 0.3 is 6.03 Å². The predicted octanol–water partition coefficient (Wildman–Crippen LogP) is 2.94. The summed E-state index contributed by atoms with van der Waals surface area (Å²) in [6.07, 6.45) is 0. The van der Waals surface area contributed by atoms with Gasteiger partial charge in [0, 0.05) is 24.5 Å². The number of hydrogen-bond donors (Lipinski definition) is 2. The van der Waals surface area contributed by atoms with Crippen LogP contribution in [0.1, 0.15) is 5.56 Å². The van der Waals surface area contributed by atoms with E-state index in [1.165, 1.54) is 13.1 Å². The second kappa shape index (κ2) is 7.88. The van der Waals surface area contributed by atoms with E-state index in [9.17, 15) is 18.4 Å². The van der Waals surface area contributed by atoms with Crippen LogP contribution in [0.3, 0.4) is 0 Å². The number of amides is 3. The van der Waals surface area contributed by atoms with Gasteiger partial charge in [-0.25, -0.2) is 13.6 Å². The van der Waals surface area contributed by atoms with E-state index in [1.807, 2.05) is 6.07 Å². The van der Waals surface area contributed by atoms with Crippen molar-refractivity contribution in [2.75, 3.05) is 24.2 Å². The van der Waals surface area contributed by atoms with Crippen molar-refractivity contribution in [3.8, 4) is 6.07 Å².